The van der Waals surface area contributed by atoms with Gasteiger partial charge in [-0.25, -0.2) is 9.59 Å². The first kappa shape index (κ1) is 39.0. The molecule has 10 nitrogen and oxygen atoms in total. The summed E-state index contributed by atoms with van der Waals surface area (Å²) in [5, 5.41) is 5.18. The van der Waals surface area contributed by atoms with Gasteiger partial charge in [-0.05, 0) is 48.0 Å². The van der Waals surface area contributed by atoms with E-state index in [9.17, 15) is 19.2 Å². The summed E-state index contributed by atoms with van der Waals surface area (Å²) in [5.41, 5.74) is -1.29. The Labute approximate surface area is 252 Å². The zero-order valence-corrected chi connectivity index (χ0v) is 27.5. The third-order valence-corrected chi connectivity index (χ3v) is 6.78. The van der Waals surface area contributed by atoms with Crippen LogP contribution in [0.2, 0.25) is 0 Å². The topological polar surface area (TPSA) is 129 Å². The second-order valence-corrected chi connectivity index (χ2v) is 13.2. The van der Waals surface area contributed by atoms with Crippen LogP contribution in [0, 0.1) is 0 Å². The molecule has 0 unspecified atom stereocenters. The van der Waals surface area contributed by atoms with Crippen LogP contribution in [0.5, 0.6) is 0 Å². The quantitative estimate of drug-likeness (QED) is 0.0984. The number of thioether (sulfide) groups is 1. The minimum Gasteiger partial charge on any atom is -0.467 e. The Kier molecular flexibility index (Phi) is 20.6. The summed E-state index contributed by atoms with van der Waals surface area (Å²) in [5.74, 6) is -0.857. The number of hydrogen-bond acceptors (Lipinski definition) is 9. The van der Waals surface area contributed by atoms with Gasteiger partial charge >= 0.3 is 18.0 Å². The molecular formula is C30H56N2O8S. The van der Waals surface area contributed by atoms with E-state index in [2.05, 4.69) is 17.6 Å². The maximum Gasteiger partial charge on any atom is 0.408 e. The third kappa shape index (κ3) is 23.3. The second-order valence-electron chi connectivity index (χ2n) is 12.1. The number of carbonyl (C=O) groups is 4. The fraction of sp³-hybridized carbons (Fsp3) is 0.867. The van der Waals surface area contributed by atoms with Crippen molar-refractivity contribution in [1.29, 1.82) is 0 Å². The number of hydrogen-bond donors (Lipinski definition) is 2. The Hall–Kier alpha value is -2.01. The summed E-state index contributed by atoms with van der Waals surface area (Å²) in [7, 11) is 1.22. The van der Waals surface area contributed by atoms with E-state index < -0.39 is 41.3 Å². The third-order valence-electron chi connectivity index (χ3n) is 5.75. The monoisotopic (exact) mass is 604 g/mol. The lowest BCUT2D eigenvalue weighted by Crippen LogP contribution is -2.55. The highest BCUT2D eigenvalue weighted by atomic mass is 32.2. The van der Waals surface area contributed by atoms with Crippen LogP contribution in [-0.4, -0.2) is 79.1 Å². The lowest BCUT2D eigenvalue weighted by molar-refractivity contribution is -0.148. The molecule has 0 bridgehead atoms. The number of alkyl carbamates (subject to hydrolysis) is 1. The van der Waals surface area contributed by atoms with Gasteiger partial charge in [-0.1, -0.05) is 58.3 Å². The molecule has 0 aliphatic rings. The Balaban J connectivity index is 4.69. The van der Waals surface area contributed by atoms with Crippen molar-refractivity contribution in [2.45, 2.75) is 136 Å². The fourth-order valence-corrected chi connectivity index (χ4v) is 4.46. The van der Waals surface area contributed by atoms with Gasteiger partial charge in [-0.15, -0.1) is 0 Å². The SMILES string of the molecule is CCCCCCCCCCCC(=O)OCCSC[C@@H](NC(=O)OC(C)(C)C)C(=O)N[C@@H](COC(C)(C)C)C(=O)OC. The average Bonchev–Trinajstić information content (AvgIpc) is 2.87. The van der Waals surface area contributed by atoms with E-state index >= 15 is 0 Å². The normalized spacial score (nSPS) is 13.2. The molecule has 0 aliphatic carbocycles. The van der Waals surface area contributed by atoms with Crippen molar-refractivity contribution < 1.29 is 38.1 Å². The van der Waals surface area contributed by atoms with E-state index in [1.807, 2.05) is 20.8 Å². The molecule has 0 heterocycles. The zero-order chi connectivity index (χ0) is 31.3. The number of ether oxygens (including phenoxy) is 4. The van der Waals surface area contributed by atoms with Crippen LogP contribution >= 0.6 is 11.8 Å². The number of rotatable bonds is 21. The molecule has 0 saturated carbocycles. The molecule has 0 rings (SSSR count). The fourth-order valence-electron chi connectivity index (χ4n) is 3.62. The molecule has 11 heteroatoms. The van der Waals surface area contributed by atoms with Gasteiger partial charge in [-0.3, -0.25) is 9.59 Å². The van der Waals surface area contributed by atoms with Gasteiger partial charge in [0, 0.05) is 17.9 Å². The summed E-state index contributed by atoms with van der Waals surface area (Å²) in [6.45, 7) is 13.0. The smallest absolute Gasteiger partial charge is 0.408 e. The number of methoxy groups -OCH3 is 1. The van der Waals surface area contributed by atoms with Crippen LogP contribution < -0.4 is 10.6 Å². The van der Waals surface area contributed by atoms with E-state index in [0.717, 1.165) is 19.3 Å². The molecule has 0 aromatic rings. The minimum atomic E-state index is -1.05. The van der Waals surface area contributed by atoms with E-state index in [4.69, 9.17) is 18.9 Å². The number of amides is 2. The molecule has 2 atom stereocenters. The van der Waals surface area contributed by atoms with Crippen LogP contribution in [0.3, 0.4) is 0 Å². The summed E-state index contributed by atoms with van der Waals surface area (Å²) in [6.07, 6.45) is 10.3. The second kappa shape index (κ2) is 21.7. The van der Waals surface area contributed by atoms with Crippen LogP contribution in [0.4, 0.5) is 4.79 Å². The standard InChI is InChI=1S/C30H56N2O8S/c1-9-10-11-12-13-14-15-16-17-18-25(33)38-19-20-41-22-24(32-28(36)40-30(5,6)7)26(34)31-23(27(35)37-8)21-39-29(2,3)4/h23-24H,9-22H2,1-8H3,(H,31,34)(H,32,36)/t23-,24+/m0/s1. The molecule has 0 aliphatic heterocycles. The van der Waals surface area contributed by atoms with Crippen LogP contribution in [0.1, 0.15) is 113 Å². The summed E-state index contributed by atoms with van der Waals surface area (Å²) >= 11 is 1.34. The average molecular weight is 605 g/mol. The summed E-state index contributed by atoms with van der Waals surface area (Å²) in [4.78, 5) is 49.8. The van der Waals surface area contributed by atoms with Crippen molar-refractivity contribution >= 4 is 35.7 Å². The molecule has 240 valence electrons. The molecule has 0 aromatic carbocycles. The van der Waals surface area contributed by atoms with Gasteiger partial charge < -0.3 is 29.6 Å². The Morgan fingerprint density at radius 3 is 1.90 bits per heavy atom. The molecule has 0 aromatic heterocycles. The Morgan fingerprint density at radius 1 is 0.780 bits per heavy atom. The highest BCUT2D eigenvalue weighted by Crippen LogP contribution is 2.12. The maximum absolute atomic E-state index is 13.1. The van der Waals surface area contributed by atoms with Crippen LogP contribution in [-0.2, 0) is 33.3 Å². The lowest BCUT2D eigenvalue weighted by Gasteiger charge is -2.26. The van der Waals surface area contributed by atoms with Crippen molar-refractivity contribution in [3.05, 3.63) is 0 Å². The summed E-state index contributed by atoms with van der Waals surface area (Å²) < 4.78 is 21.1. The van der Waals surface area contributed by atoms with Gasteiger partial charge in [0.1, 0.15) is 18.2 Å². The van der Waals surface area contributed by atoms with Gasteiger partial charge in [-0.2, -0.15) is 11.8 Å². The van der Waals surface area contributed by atoms with Crippen molar-refractivity contribution in [3.8, 4) is 0 Å². The number of nitrogens with one attached hydrogen (secondary N) is 2. The molecule has 2 N–H and O–H groups in total. The molecule has 0 saturated heterocycles. The number of esters is 2. The predicted octanol–water partition coefficient (Wildman–Crippen LogP) is 5.55. The van der Waals surface area contributed by atoms with E-state index in [0.29, 0.717) is 12.2 Å². The Morgan fingerprint density at radius 2 is 1.37 bits per heavy atom. The molecule has 41 heavy (non-hydrogen) atoms. The van der Waals surface area contributed by atoms with Crippen LogP contribution in [0.25, 0.3) is 0 Å². The molecule has 2 amide bonds. The molecule has 0 radical (unpaired) electrons. The van der Waals surface area contributed by atoms with Gasteiger partial charge in [0.2, 0.25) is 5.91 Å². The summed E-state index contributed by atoms with van der Waals surface area (Å²) in [6, 6.07) is -2.06. The highest BCUT2D eigenvalue weighted by molar-refractivity contribution is 7.99. The molecule has 0 spiro atoms. The van der Waals surface area contributed by atoms with Gasteiger partial charge in [0.25, 0.3) is 0 Å². The lowest BCUT2D eigenvalue weighted by atomic mass is 10.1. The van der Waals surface area contributed by atoms with E-state index in [-0.39, 0.29) is 24.9 Å². The van der Waals surface area contributed by atoms with Gasteiger partial charge in [0.15, 0.2) is 6.04 Å². The predicted molar refractivity (Wildman–Crippen MR) is 163 cm³/mol. The van der Waals surface area contributed by atoms with Crippen LogP contribution in [0.15, 0.2) is 0 Å². The van der Waals surface area contributed by atoms with E-state index in [1.165, 1.54) is 57.4 Å². The van der Waals surface area contributed by atoms with Crippen molar-refractivity contribution in [2.24, 2.45) is 0 Å². The first-order chi connectivity index (χ1) is 19.2. The Bertz CT molecular complexity index is 765. The van der Waals surface area contributed by atoms with Crippen molar-refractivity contribution in [1.82, 2.24) is 10.6 Å². The first-order valence-electron chi connectivity index (χ1n) is 14.9. The van der Waals surface area contributed by atoms with Gasteiger partial charge in [0.05, 0.1) is 19.3 Å². The largest absolute Gasteiger partial charge is 0.467 e. The number of unbranched alkanes of at least 4 members (excludes halogenated alkanes) is 8. The highest BCUT2D eigenvalue weighted by Gasteiger charge is 2.30. The molecule has 0 fully saturated rings. The maximum atomic E-state index is 13.1. The minimum absolute atomic E-state index is 0.0941. The first-order valence-corrected chi connectivity index (χ1v) is 16.1. The zero-order valence-electron chi connectivity index (χ0n) is 26.7. The molecular weight excluding hydrogens is 548 g/mol. The van der Waals surface area contributed by atoms with E-state index in [1.54, 1.807) is 20.8 Å². The van der Waals surface area contributed by atoms with Crippen molar-refractivity contribution in [2.75, 3.05) is 31.8 Å². The van der Waals surface area contributed by atoms with Crippen molar-refractivity contribution in [3.63, 3.8) is 0 Å². The number of carbonyl (C=O) groups excluding carboxylic acids is 4.